The Balaban J connectivity index is 2.06. The maximum Gasteiger partial charge on any atom is 0.204 e. The first-order valence-electron chi connectivity index (χ1n) is 9.07. The minimum absolute atomic E-state index is 0.128. The van der Waals surface area contributed by atoms with Gasteiger partial charge in [0.15, 0.2) is 0 Å². The molecule has 0 atom stereocenters. The zero-order valence-corrected chi connectivity index (χ0v) is 16.0. The number of aryl methyl sites for hydroxylation is 4. The van der Waals surface area contributed by atoms with Gasteiger partial charge in [0, 0.05) is 6.54 Å². The summed E-state index contributed by atoms with van der Waals surface area (Å²) in [5.74, 6) is 0.704. The molecule has 0 aliphatic carbocycles. The van der Waals surface area contributed by atoms with Gasteiger partial charge in [-0.25, -0.2) is 9.37 Å². The van der Waals surface area contributed by atoms with Crippen molar-refractivity contribution in [3.05, 3.63) is 57.9 Å². The second-order valence-electron chi connectivity index (χ2n) is 7.06. The lowest BCUT2D eigenvalue weighted by atomic mass is 10.1. The number of aromatic nitrogens is 2. The molecule has 0 spiro atoms. The van der Waals surface area contributed by atoms with E-state index in [0.717, 1.165) is 35.5 Å². The molecule has 0 fully saturated rings. The molecule has 5 heteroatoms. The van der Waals surface area contributed by atoms with Crippen LogP contribution >= 0.6 is 0 Å². The van der Waals surface area contributed by atoms with Crippen LogP contribution in [0, 0.1) is 33.5 Å². The third-order valence-corrected chi connectivity index (χ3v) is 4.86. The third kappa shape index (κ3) is 3.58. The van der Waals surface area contributed by atoms with Crippen LogP contribution in [0.15, 0.2) is 24.3 Å². The highest BCUT2D eigenvalue weighted by atomic mass is 19.1. The maximum atomic E-state index is 14.0. The molecule has 0 saturated heterocycles. The second-order valence-corrected chi connectivity index (χ2v) is 7.06. The molecule has 0 unspecified atom stereocenters. The van der Waals surface area contributed by atoms with E-state index >= 15 is 0 Å². The molecule has 4 nitrogen and oxygen atoms in total. The van der Waals surface area contributed by atoms with E-state index in [4.69, 9.17) is 10.7 Å². The van der Waals surface area contributed by atoms with Gasteiger partial charge in [-0.2, -0.15) is 0 Å². The van der Waals surface area contributed by atoms with Gasteiger partial charge in [-0.1, -0.05) is 12.1 Å². The molecular weight excluding hydrogens is 327 g/mol. The number of nitrogens with zero attached hydrogens (tertiary/aromatic N) is 2. The monoisotopic (exact) mass is 354 g/mol. The van der Waals surface area contributed by atoms with Gasteiger partial charge in [0.2, 0.25) is 5.95 Å². The highest BCUT2D eigenvalue weighted by molar-refractivity contribution is 5.80. The molecular formula is C21H27FN4. The minimum atomic E-state index is -0.128. The standard InChI is InChI=1S/C21H27FN4/c1-13-10-18-19(11-14(13)2)26(21(25-18)24-7-5-6-23)12-17-8-15(3)20(22)16(4)9-17/h8-11H,5-7,12,23H2,1-4H3,(H,24,25). The summed E-state index contributed by atoms with van der Waals surface area (Å²) in [6.45, 7) is 9.90. The predicted molar refractivity (Wildman–Crippen MR) is 106 cm³/mol. The molecule has 1 aromatic heterocycles. The van der Waals surface area contributed by atoms with E-state index in [2.05, 4.69) is 35.9 Å². The summed E-state index contributed by atoms with van der Waals surface area (Å²) in [6, 6.07) is 8.13. The Morgan fingerprint density at radius 3 is 2.31 bits per heavy atom. The van der Waals surface area contributed by atoms with Crippen LogP contribution in [0.5, 0.6) is 0 Å². The van der Waals surface area contributed by atoms with Crippen molar-refractivity contribution < 1.29 is 4.39 Å². The smallest absolute Gasteiger partial charge is 0.204 e. The summed E-state index contributed by atoms with van der Waals surface area (Å²) in [6.07, 6.45) is 0.885. The van der Waals surface area contributed by atoms with Gasteiger partial charge < -0.3 is 15.6 Å². The molecule has 1 heterocycles. The number of hydrogen-bond donors (Lipinski definition) is 2. The number of benzene rings is 2. The van der Waals surface area contributed by atoms with Crippen molar-refractivity contribution in [3.8, 4) is 0 Å². The fourth-order valence-electron chi connectivity index (χ4n) is 3.29. The summed E-state index contributed by atoms with van der Waals surface area (Å²) < 4.78 is 16.2. The second kappa shape index (κ2) is 7.46. The van der Waals surface area contributed by atoms with Crippen molar-refractivity contribution in [2.45, 2.75) is 40.7 Å². The van der Waals surface area contributed by atoms with Crippen LogP contribution < -0.4 is 11.1 Å². The lowest BCUT2D eigenvalue weighted by Crippen LogP contribution is -2.13. The number of hydrogen-bond acceptors (Lipinski definition) is 3. The molecule has 0 aliphatic rings. The van der Waals surface area contributed by atoms with Crippen molar-refractivity contribution >= 4 is 17.0 Å². The van der Waals surface area contributed by atoms with E-state index in [1.165, 1.54) is 11.1 Å². The van der Waals surface area contributed by atoms with Crippen molar-refractivity contribution in [2.75, 3.05) is 18.4 Å². The van der Waals surface area contributed by atoms with Crippen molar-refractivity contribution in [3.63, 3.8) is 0 Å². The highest BCUT2D eigenvalue weighted by Crippen LogP contribution is 2.25. The number of imidazole rings is 1. The van der Waals surface area contributed by atoms with Crippen LogP contribution in [0.3, 0.4) is 0 Å². The number of nitrogens with two attached hydrogens (primary N) is 1. The SMILES string of the molecule is Cc1cc2nc(NCCCN)n(Cc3cc(C)c(F)c(C)c3)c2cc1C. The summed E-state index contributed by atoms with van der Waals surface area (Å²) in [5, 5.41) is 3.40. The van der Waals surface area contributed by atoms with Crippen LogP contribution in [0.4, 0.5) is 10.3 Å². The lowest BCUT2D eigenvalue weighted by molar-refractivity contribution is 0.607. The number of anilines is 1. The van der Waals surface area contributed by atoms with E-state index in [9.17, 15) is 4.39 Å². The molecule has 3 rings (SSSR count). The van der Waals surface area contributed by atoms with Crippen molar-refractivity contribution in [2.24, 2.45) is 5.73 Å². The normalized spacial score (nSPS) is 11.3. The van der Waals surface area contributed by atoms with Crippen molar-refractivity contribution in [1.82, 2.24) is 9.55 Å². The van der Waals surface area contributed by atoms with E-state index < -0.39 is 0 Å². The number of fused-ring (bicyclic) bond motifs is 1. The molecule has 3 N–H and O–H groups in total. The summed E-state index contributed by atoms with van der Waals surface area (Å²) in [5.41, 5.74) is 12.6. The van der Waals surface area contributed by atoms with Crippen LogP contribution in [0.2, 0.25) is 0 Å². The van der Waals surface area contributed by atoms with E-state index in [0.29, 0.717) is 24.2 Å². The van der Waals surface area contributed by atoms with Gasteiger partial charge in [-0.15, -0.1) is 0 Å². The Labute approximate surface area is 154 Å². The van der Waals surface area contributed by atoms with E-state index in [1.54, 1.807) is 0 Å². The topological polar surface area (TPSA) is 55.9 Å². The molecule has 0 saturated carbocycles. The first-order valence-corrected chi connectivity index (χ1v) is 9.07. The Morgan fingerprint density at radius 2 is 1.65 bits per heavy atom. The number of nitrogens with one attached hydrogen (secondary N) is 1. The van der Waals surface area contributed by atoms with Crippen molar-refractivity contribution in [1.29, 1.82) is 0 Å². The van der Waals surface area contributed by atoms with E-state index in [1.807, 2.05) is 26.0 Å². The molecule has 0 aliphatic heterocycles. The maximum absolute atomic E-state index is 14.0. The van der Waals surface area contributed by atoms with Gasteiger partial charge in [0.05, 0.1) is 17.6 Å². The minimum Gasteiger partial charge on any atom is -0.356 e. The molecule has 0 radical (unpaired) electrons. The zero-order valence-electron chi connectivity index (χ0n) is 16.0. The van der Waals surface area contributed by atoms with Crippen LogP contribution in [0.25, 0.3) is 11.0 Å². The molecule has 26 heavy (non-hydrogen) atoms. The van der Waals surface area contributed by atoms with Gasteiger partial charge in [0.25, 0.3) is 0 Å². The molecule has 138 valence electrons. The number of halogens is 1. The van der Waals surface area contributed by atoms with Gasteiger partial charge in [0.1, 0.15) is 5.82 Å². The number of rotatable bonds is 6. The lowest BCUT2D eigenvalue weighted by Gasteiger charge is -2.13. The summed E-state index contributed by atoms with van der Waals surface area (Å²) in [7, 11) is 0. The van der Waals surface area contributed by atoms with Crippen LogP contribution in [-0.4, -0.2) is 22.6 Å². The van der Waals surface area contributed by atoms with Gasteiger partial charge in [-0.3, -0.25) is 0 Å². The summed E-state index contributed by atoms with van der Waals surface area (Å²) >= 11 is 0. The highest BCUT2D eigenvalue weighted by Gasteiger charge is 2.13. The first kappa shape index (κ1) is 18.4. The Morgan fingerprint density at radius 1 is 1.00 bits per heavy atom. The fraction of sp³-hybridized carbons (Fsp3) is 0.381. The molecule has 2 aromatic carbocycles. The van der Waals surface area contributed by atoms with Crippen LogP contribution in [-0.2, 0) is 6.54 Å². The first-order chi connectivity index (χ1) is 12.4. The summed E-state index contributed by atoms with van der Waals surface area (Å²) in [4.78, 5) is 4.78. The largest absolute Gasteiger partial charge is 0.356 e. The Hall–Kier alpha value is -2.40. The van der Waals surface area contributed by atoms with Gasteiger partial charge >= 0.3 is 0 Å². The van der Waals surface area contributed by atoms with Gasteiger partial charge in [-0.05, 0) is 80.6 Å². The Bertz CT molecular complexity index is 920. The zero-order chi connectivity index (χ0) is 18.8. The third-order valence-electron chi connectivity index (χ3n) is 4.86. The fourth-order valence-corrected chi connectivity index (χ4v) is 3.29. The predicted octanol–water partition coefficient (Wildman–Crippen LogP) is 4.22. The van der Waals surface area contributed by atoms with Crippen LogP contribution in [0.1, 0.15) is 34.2 Å². The quantitative estimate of drug-likeness (QED) is 0.652. The average molecular weight is 354 g/mol. The molecule has 3 aromatic rings. The molecule has 0 bridgehead atoms. The average Bonchev–Trinajstić information content (AvgIpc) is 2.90. The van der Waals surface area contributed by atoms with E-state index in [-0.39, 0.29) is 5.82 Å². The Kier molecular flexibility index (Phi) is 5.28. The molecule has 0 amide bonds.